The molecule has 0 fully saturated rings. The van der Waals surface area contributed by atoms with Crippen molar-refractivity contribution in [3.8, 4) is 0 Å². The molecule has 0 bridgehead atoms. The van der Waals surface area contributed by atoms with Gasteiger partial charge >= 0.3 is 0 Å². The van der Waals surface area contributed by atoms with Crippen molar-refractivity contribution >= 4 is 11.7 Å². The van der Waals surface area contributed by atoms with Gasteiger partial charge in [-0.3, -0.25) is 9.59 Å². The van der Waals surface area contributed by atoms with Gasteiger partial charge in [0.05, 0.1) is 0 Å². The number of ketones is 1. The molecule has 0 atom stereocenters. The van der Waals surface area contributed by atoms with Crippen LogP contribution in [0, 0.1) is 5.92 Å². The van der Waals surface area contributed by atoms with E-state index in [2.05, 4.69) is 5.32 Å². The second kappa shape index (κ2) is 7.43. The predicted molar refractivity (Wildman–Crippen MR) is 61.6 cm³/mol. The molecule has 0 rings (SSSR count). The summed E-state index contributed by atoms with van der Waals surface area (Å²) in [7, 11) is 0. The molecule has 0 aromatic rings. The van der Waals surface area contributed by atoms with Crippen LogP contribution < -0.4 is 5.32 Å². The Morgan fingerprint density at radius 3 is 2.00 bits per heavy atom. The highest BCUT2D eigenvalue weighted by molar-refractivity contribution is 5.80. The van der Waals surface area contributed by atoms with Crippen molar-refractivity contribution in [3.63, 3.8) is 0 Å². The first-order chi connectivity index (χ1) is 6.93. The molecular weight excluding hydrogens is 190 g/mol. The van der Waals surface area contributed by atoms with Gasteiger partial charge in [-0.1, -0.05) is 13.8 Å². The van der Waals surface area contributed by atoms with Gasteiger partial charge in [0.1, 0.15) is 5.78 Å². The topological polar surface area (TPSA) is 46.2 Å². The fraction of sp³-hybridized carbons (Fsp3) is 0.833. The van der Waals surface area contributed by atoms with Crippen LogP contribution >= 0.6 is 0 Å². The van der Waals surface area contributed by atoms with E-state index in [1.807, 2.05) is 27.7 Å². The average molecular weight is 213 g/mol. The summed E-state index contributed by atoms with van der Waals surface area (Å²) < 4.78 is 0. The Bertz CT molecular complexity index is 210. The highest BCUT2D eigenvalue weighted by Gasteiger charge is 2.07. The normalized spacial score (nSPS) is 10.8. The van der Waals surface area contributed by atoms with E-state index >= 15 is 0 Å². The van der Waals surface area contributed by atoms with Crippen molar-refractivity contribution < 1.29 is 9.59 Å². The summed E-state index contributed by atoms with van der Waals surface area (Å²) in [4.78, 5) is 22.5. The maximum atomic E-state index is 11.3. The summed E-state index contributed by atoms with van der Waals surface area (Å²) in [5.41, 5.74) is 0. The molecule has 1 amide bonds. The molecule has 88 valence electrons. The number of amides is 1. The van der Waals surface area contributed by atoms with Crippen LogP contribution in [0.25, 0.3) is 0 Å². The van der Waals surface area contributed by atoms with Crippen LogP contribution in [0.5, 0.6) is 0 Å². The number of carbonyl (C=O) groups is 2. The number of nitrogens with one attached hydrogen (secondary N) is 1. The molecule has 0 aliphatic heterocycles. The summed E-state index contributed by atoms with van der Waals surface area (Å²) in [6.45, 7) is 7.71. The third kappa shape index (κ3) is 8.16. The van der Waals surface area contributed by atoms with Gasteiger partial charge in [-0.2, -0.15) is 0 Å². The Hall–Kier alpha value is -0.860. The SMILES string of the molecule is CC(C)NC(=O)CCCCC(=O)C(C)C. The lowest BCUT2D eigenvalue weighted by atomic mass is 10.0. The number of hydrogen-bond donors (Lipinski definition) is 1. The van der Waals surface area contributed by atoms with E-state index in [1.54, 1.807) is 0 Å². The molecule has 3 heteroatoms. The second-order valence-corrected chi connectivity index (χ2v) is 4.55. The first kappa shape index (κ1) is 14.1. The molecule has 0 aliphatic rings. The van der Waals surface area contributed by atoms with Crippen molar-refractivity contribution in [1.82, 2.24) is 5.32 Å². The fourth-order valence-electron chi connectivity index (χ4n) is 1.27. The summed E-state index contributed by atoms with van der Waals surface area (Å²) in [6.07, 6.45) is 2.76. The van der Waals surface area contributed by atoms with E-state index in [1.165, 1.54) is 0 Å². The zero-order chi connectivity index (χ0) is 11.8. The first-order valence-corrected chi connectivity index (χ1v) is 5.75. The van der Waals surface area contributed by atoms with Crippen molar-refractivity contribution in [2.45, 2.75) is 59.4 Å². The summed E-state index contributed by atoms with van der Waals surface area (Å²) >= 11 is 0. The zero-order valence-corrected chi connectivity index (χ0v) is 10.3. The Morgan fingerprint density at radius 2 is 1.53 bits per heavy atom. The summed E-state index contributed by atoms with van der Waals surface area (Å²) in [5.74, 6) is 0.496. The lowest BCUT2D eigenvalue weighted by molar-refractivity contribution is -0.123. The number of hydrogen-bond acceptors (Lipinski definition) is 2. The Balaban J connectivity index is 3.46. The van der Waals surface area contributed by atoms with E-state index in [4.69, 9.17) is 0 Å². The Morgan fingerprint density at radius 1 is 1.00 bits per heavy atom. The maximum Gasteiger partial charge on any atom is 0.220 e. The van der Waals surface area contributed by atoms with Gasteiger partial charge in [-0.05, 0) is 26.7 Å². The third-order valence-corrected chi connectivity index (χ3v) is 2.17. The molecule has 0 saturated carbocycles. The minimum Gasteiger partial charge on any atom is -0.354 e. The molecule has 3 nitrogen and oxygen atoms in total. The van der Waals surface area contributed by atoms with Gasteiger partial charge < -0.3 is 5.32 Å². The lowest BCUT2D eigenvalue weighted by Gasteiger charge is -2.08. The second-order valence-electron chi connectivity index (χ2n) is 4.55. The average Bonchev–Trinajstić information content (AvgIpc) is 2.10. The van der Waals surface area contributed by atoms with Crippen LogP contribution in [-0.2, 0) is 9.59 Å². The maximum absolute atomic E-state index is 11.3. The summed E-state index contributed by atoms with van der Waals surface area (Å²) in [5, 5.41) is 2.83. The lowest BCUT2D eigenvalue weighted by Crippen LogP contribution is -2.29. The number of carbonyl (C=O) groups excluding carboxylic acids is 2. The molecule has 0 unspecified atom stereocenters. The van der Waals surface area contributed by atoms with Crippen molar-refractivity contribution in [2.75, 3.05) is 0 Å². The van der Waals surface area contributed by atoms with Crippen LogP contribution in [0.3, 0.4) is 0 Å². The number of Topliss-reactive ketones (excluding diaryl/α,β-unsaturated/α-hetero) is 1. The Kier molecular flexibility index (Phi) is 7.01. The van der Waals surface area contributed by atoms with E-state index in [9.17, 15) is 9.59 Å². The van der Waals surface area contributed by atoms with E-state index < -0.39 is 0 Å². The molecule has 1 N–H and O–H groups in total. The molecule has 0 saturated heterocycles. The van der Waals surface area contributed by atoms with Gasteiger partial charge in [0.2, 0.25) is 5.91 Å². The fourth-order valence-corrected chi connectivity index (χ4v) is 1.27. The quantitative estimate of drug-likeness (QED) is 0.659. The predicted octanol–water partition coefficient (Wildman–Crippen LogP) is 2.30. The van der Waals surface area contributed by atoms with Gasteiger partial charge in [-0.25, -0.2) is 0 Å². The highest BCUT2D eigenvalue weighted by Crippen LogP contribution is 2.06. The molecule has 0 aliphatic carbocycles. The van der Waals surface area contributed by atoms with Crippen LogP contribution in [0.15, 0.2) is 0 Å². The van der Waals surface area contributed by atoms with Crippen molar-refractivity contribution in [3.05, 3.63) is 0 Å². The van der Waals surface area contributed by atoms with Crippen molar-refractivity contribution in [2.24, 2.45) is 5.92 Å². The van der Waals surface area contributed by atoms with Crippen LogP contribution in [0.4, 0.5) is 0 Å². The third-order valence-electron chi connectivity index (χ3n) is 2.17. The zero-order valence-electron chi connectivity index (χ0n) is 10.3. The molecule has 0 aromatic heterocycles. The van der Waals surface area contributed by atoms with Crippen molar-refractivity contribution in [1.29, 1.82) is 0 Å². The van der Waals surface area contributed by atoms with Crippen LogP contribution in [-0.4, -0.2) is 17.7 Å². The first-order valence-electron chi connectivity index (χ1n) is 5.75. The molecule has 15 heavy (non-hydrogen) atoms. The minimum atomic E-state index is 0.0852. The van der Waals surface area contributed by atoms with E-state index in [-0.39, 0.29) is 17.9 Å². The van der Waals surface area contributed by atoms with Gasteiger partial charge in [0, 0.05) is 24.8 Å². The molecule has 0 radical (unpaired) electrons. The molecule has 0 aromatic carbocycles. The Labute approximate surface area is 92.6 Å². The van der Waals surface area contributed by atoms with Gasteiger partial charge in [-0.15, -0.1) is 0 Å². The highest BCUT2D eigenvalue weighted by atomic mass is 16.1. The largest absolute Gasteiger partial charge is 0.354 e. The smallest absolute Gasteiger partial charge is 0.220 e. The molecule has 0 spiro atoms. The minimum absolute atomic E-state index is 0.0852. The van der Waals surface area contributed by atoms with E-state index in [0.717, 1.165) is 12.8 Å². The number of rotatable bonds is 7. The molecular formula is C12H23NO2. The monoisotopic (exact) mass is 213 g/mol. The number of unbranched alkanes of at least 4 members (excludes halogenated alkanes) is 1. The van der Waals surface area contributed by atoms with Gasteiger partial charge in [0.25, 0.3) is 0 Å². The standard InChI is InChI=1S/C12H23NO2/c1-9(2)11(14)7-5-6-8-12(15)13-10(3)4/h9-10H,5-8H2,1-4H3,(H,13,15). The van der Waals surface area contributed by atoms with E-state index in [0.29, 0.717) is 18.6 Å². The summed E-state index contributed by atoms with van der Waals surface area (Å²) in [6, 6.07) is 0.204. The van der Waals surface area contributed by atoms with Crippen LogP contribution in [0.1, 0.15) is 53.4 Å². The van der Waals surface area contributed by atoms with Gasteiger partial charge in [0.15, 0.2) is 0 Å². The molecule has 0 heterocycles. The van der Waals surface area contributed by atoms with Crippen LogP contribution in [0.2, 0.25) is 0 Å².